The van der Waals surface area contributed by atoms with Crippen LogP contribution in [0.4, 0.5) is 0 Å². The molecule has 0 aliphatic carbocycles. The molecule has 8 heteroatoms. The topological polar surface area (TPSA) is 84.8 Å². The number of halogens is 1. The summed E-state index contributed by atoms with van der Waals surface area (Å²) in [6.45, 7) is 1.87. The Morgan fingerprint density at radius 1 is 0.966 bits per heavy atom. The highest BCUT2D eigenvalue weighted by Crippen LogP contribution is 2.15. The van der Waals surface area contributed by atoms with Crippen molar-refractivity contribution >= 4 is 33.8 Å². The molecule has 0 atom stereocenters. The van der Waals surface area contributed by atoms with Crippen molar-refractivity contribution in [1.29, 1.82) is 0 Å². The standard InChI is InChI=1S/C21H17ClN2O4S/c1-15-2-12-20(13-3-15)29(26,27)24-23-14-16-4-10-19(11-5-16)28-21(25)17-6-8-18(22)9-7-17/h2-14,24H,1H3/b23-14+. The molecule has 148 valence electrons. The van der Waals surface area contributed by atoms with E-state index in [9.17, 15) is 13.2 Å². The third kappa shape index (κ3) is 5.66. The minimum atomic E-state index is -3.73. The molecular formula is C21H17ClN2O4S. The number of aryl methyl sites for hydroxylation is 1. The molecule has 0 aromatic heterocycles. The molecule has 0 heterocycles. The lowest BCUT2D eigenvalue weighted by Crippen LogP contribution is -2.18. The van der Waals surface area contributed by atoms with Crippen molar-refractivity contribution in [2.45, 2.75) is 11.8 Å². The zero-order chi connectivity index (χ0) is 20.9. The highest BCUT2D eigenvalue weighted by molar-refractivity contribution is 7.89. The Morgan fingerprint density at radius 3 is 2.21 bits per heavy atom. The number of carbonyl (C=O) groups excluding carboxylic acids is 1. The Bertz CT molecular complexity index is 1120. The van der Waals surface area contributed by atoms with Crippen LogP contribution in [0.25, 0.3) is 0 Å². The van der Waals surface area contributed by atoms with Crippen LogP contribution in [0.15, 0.2) is 82.8 Å². The van der Waals surface area contributed by atoms with E-state index in [1.54, 1.807) is 60.7 Å². The number of ether oxygens (including phenoxy) is 1. The monoisotopic (exact) mass is 428 g/mol. The van der Waals surface area contributed by atoms with Crippen LogP contribution in [-0.2, 0) is 10.0 Å². The van der Waals surface area contributed by atoms with E-state index >= 15 is 0 Å². The maximum Gasteiger partial charge on any atom is 0.343 e. The first-order valence-corrected chi connectivity index (χ1v) is 10.4. The molecule has 0 radical (unpaired) electrons. The first-order chi connectivity index (χ1) is 13.8. The van der Waals surface area contributed by atoms with Gasteiger partial charge in [0.1, 0.15) is 5.75 Å². The highest BCUT2D eigenvalue weighted by atomic mass is 35.5. The number of nitrogens with zero attached hydrogens (tertiary/aromatic N) is 1. The van der Waals surface area contributed by atoms with Gasteiger partial charge in [-0.3, -0.25) is 0 Å². The Balaban J connectivity index is 1.60. The minimum absolute atomic E-state index is 0.129. The van der Waals surface area contributed by atoms with Gasteiger partial charge >= 0.3 is 5.97 Å². The van der Waals surface area contributed by atoms with Gasteiger partial charge in [-0.05, 0) is 73.2 Å². The zero-order valence-corrected chi connectivity index (χ0v) is 16.9. The van der Waals surface area contributed by atoms with Crippen LogP contribution in [0.5, 0.6) is 5.75 Å². The molecule has 0 aliphatic heterocycles. The molecule has 3 aromatic carbocycles. The lowest BCUT2D eigenvalue weighted by molar-refractivity contribution is 0.0734. The number of hydrogen-bond donors (Lipinski definition) is 1. The quantitative estimate of drug-likeness (QED) is 0.276. The van der Waals surface area contributed by atoms with Crippen molar-refractivity contribution in [3.63, 3.8) is 0 Å². The molecule has 3 rings (SSSR count). The molecule has 0 unspecified atom stereocenters. The van der Waals surface area contributed by atoms with Gasteiger partial charge in [0.25, 0.3) is 10.0 Å². The molecule has 0 spiro atoms. The van der Waals surface area contributed by atoms with Gasteiger partial charge in [0.15, 0.2) is 0 Å². The van der Waals surface area contributed by atoms with Gasteiger partial charge < -0.3 is 4.74 Å². The molecule has 6 nitrogen and oxygen atoms in total. The maximum absolute atomic E-state index is 12.2. The van der Waals surface area contributed by atoms with Gasteiger partial charge in [-0.25, -0.2) is 9.63 Å². The summed E-state index contributed by atoms with van der Waals surface area (Å²) in [5, 5.41) is 4.31. The normalized spacial score (nSPS) is 11.4. The summed E-state index contributed by atoms with van der Waals surface area (Å²) in [6.07, 6.45) is 1.36. The number of benzene rings is 3. The third-order valence-corrected chi connectivity index (χ3v) is 5.38. The van der Waals surface area contributed by atoms with Crippen LogP contribution in [0, 0.1) is 6.92 Å². The Labute approximate surface area is 173 Å². The Kier molecular flexibility index (Phi) is 6.31. The van der Waals surface area contributed by atoms with Crippen LogP contribution in [0.1, 0.15) is 21.5 Å². The summed E-state index contributed by atoms with van der Waals surface area (Å²) in [6, 6.07) is 19.3. The van der Waals surface area contributed by atoms with E-state index < -0.39 is 16.0 Å². The summed E-state index contributed by atoms with van der Waals surface area (Å²) >= 11 is 5.80. The number of nitrogens with one attached hydrogen (secondary N) is 1. The minimum Gasteiger partial charge on any atom is -0.423 e. The van der Waals surface area contributed by atoms with E-state index in [1.807, 2.05) is 6.92 Å². The molecule has 29 heavy (non-hydrogen) atoms. The fourth-order valence-corrected chi connectivity index (χ4v) is 3.23. The van der Waals surface area contributed by atoms with Crippen LogP contribution in [0.3, 0.4) is 0 Å². The molecule has 0 saturated carbocycles. The van der Waals surface area contributed by atoms with Crippen LogP contribution >= 0.6 is 11.6 Å². The lowest BCUT2D eigenvalue weighted by atomic mass is 10.2. The number of rotatable bonds is 6. The van der Waals surface area contributed by atoms with Crippen molar-refractivity contribution in [2.24, 2.45) is 5.10 Å². The van der Waals surface area contributed by atoms with Crippen LogP contribution < -0.4 is 9.57 Å². The fraction of sp³-hybridized carbons (Fsp3) is 0.0476. The number of sulfonamides is 1. The average molecular weight is 429 g/mol. The second kappa shape index (κ2) is 8.89. The SMILES string of the molecule is Cc1ccc(S(=O)(=O)N/N=C/c2ccc(OC(=O)c3ccc(Cl)cc3)cc2)cc1. The predicted molar refractivity (Wildman–Crippen MR) is 112 cm³/mol. The van der Waals surface area contributed by atoms with Crippen molar-refractivity contribution in [3.05, 3.63) is 94.5 Å². The number of hydrogen-bond acceptors (Lipinski definition) is 5. The Hall–Kier alpha value is -3.16. The first-order valence-electron chi connectivity index (χ1n) is 8.53. The number of esters is 1. The van der Waals surface area contributed by atoms with Crippen molar-refractivity contribution < 1.29 is 17.9 Å². The van der Waals surface area contributed by atoms with E-state index in [2.05, 4.69) is 9.93 Å². The first kappa shape index (κ1) is 20.6. The van der Waals surface area contributed by atoms with Gasteiger partial charge in [0.05, 0.1) is 16.7 Å². The van der Waals surface area contributed by atoms with Gasteiger partial charge in [0.2, 0.25) is 0 Å². The summed E-state index contributed by atoms with van der Waals surface area (Å²) in [7, 11) is -3.73. The third-order valence-electron chi connectivity index (χ3n) is 3.89. The Morgan fingerprint density at radius 2 is 1.59 bits per heavy atom. The second-order valence-corrected chi connectivity index (χ2v) is 8.23. The van der Waals surface area contributed by atoms with Gasteiger partial charge in [0, 0.05) is 5.02 Å². The molecular weight excluding hydrogens is 412 g/mol. The summed E-state index contributed by atoms with van der Waals surface area (Å²) in [5.74, 6) is -0.156. The summed E-state index contributed by atoms with van der Waals surface area (Å²) in [5.41, 5.74) is 1.97. The largest absolute Gasteiger partial charge is 0.423 e. The number of hydrazone groups is 1. The predicted octanol–water partition coefficient (Wildman–Crippen LogP) is 4.18. The fourth-order valence-electron chi connectivity index (χ4n) is 2.31. The highest BCUT2D eigenvalue weighted by Gasteiger charge is 2.12. The van der Waals surface area contributed by atoms with E-state index in [-0.39, 0.29) is 4.90 Å². The van der Waals surface area contributed by atoms with E-state index in [0.29, 0.717) is 21.9 Å². The maximum atomic E-state index is 12.2. The van der Waals surface area contributed by atoms with Crippen LogP contribution in [-0.4, -0.2) is 20.6 Å². The lowest BCUT2D eigenvalue weighted by Gasteiger charge is -2.05. The number of carbonyl (C=O) groups is 1. The molecule has 0 fully saturated rings. The molecule has 3 aromatic rings. The molecule has 1 N–H and O–H groups in total. The van der Waals surface area contributed by atoms with Crippen molar-refractivity contribution in [1.82, 2.24) is 4.83 Å². The molecule has 0 bridgehead atoms. The van der Waals surface area contributed by atoms with E-state index in [4.69, 9.17) is 16.3 Å². The van der Waals surface area contributed by atoms with Gasteiger partial charge in [-0.15, -0.1) is 0 Å². The van der Waals surface area contributed by atoms with Gasteiger partial charge in [-0.1, -0.05) is 29.3 Å². The van der Waals surface area contributed by atoms with E-state index in [1.165, 1.54) is 18.3 Å². The summed E-state index contributed by atoms with van der Waals surface area (Å²) < 4.78 is 29.6. The molecule has 0 amide bonds. The van der Waals surface area contributed by atoms with Crippen molar-refractivity contribution in [2.75, 3.05) is 0 Å². The molecule has 0 saturated heterocycles. The van der Waals surface area contributed by atoms with Crippen molar-refractivity contribution in [3.8, 4) is 5.75 Å². The van der Waals surface area contributed by atoms with Gasteiger partial charge in [-0.2, -0.15) is 13.5 Å². The van der Waals surface area contributed by atoms with E-state index in [0.717, 1.165) is 5.56 Å². The average Bonchev–Trinajstić information content (AvgIpc) is 2.70. The molecule has 0 aliphatic rings. The zero-order valence-electron chi connectivity index (χ0n) is 15.4. The second-order valence-electron chi connectivity index (χ2n) is 6.13. The summed E-state index contributed by atoms with van der Waals surface area (Å²) in [4.78, 5) is 14.4. The van der Waals surface area contributed by atoms with Crippen LogP contribution in [0.2, 0.25) is 5.02 Å². The smallest absolute Gasteiger partial charge is 0.343 e.